The van der Waals surface area contributed by atoms with Crippen molar-refractivity contribution in [2.24, 2.45) is 0 Å². The summed E-state index contributed by atoms with van der Waals surface area (Å²) in [4.78, 5) is 24.4. The fraction of sp³-hybridized carbons (Fsp3) is 0.385. The summed E-state index contributed by atoms with van der Waals surface area (Å²) in [7, 11) is 1.50. The molecule has 1 aromatic carbocycles. The molecule has 17 heavy (non-hydrogen) atoms. The van der Waals surface area contributed by atoms with Crippen LogP contribution in [0.2, 0.25) is 0 Å². The summed E-state index contributed by atoms with van der Waals surface area (Å²) >= 11 is 0. The van der Waals surface area contributed by atoms with Crippen molar-refractivity contribution >= 4 is 11.9 Å². The van der Waals surface area contributed by atoms with Gasteiger partial charge in [-0.3, -0.25) is 9.69 Å². The molecule has 0 aromatic heterocycles. The van der Waals surface area contributed by atoms with Gasteiger partial charge in [-0.25, -0.2) is 4.79 Å². The Labute approximate surface area is 101 Å². The zero-order valence-corrected chi connectivity index (χ0v) is 10.2. The van der Waals surface area contributed by atoms with Gasteiger partial charge in [0.25, 0.3) is 5.91 Å². The third-order valence-electron chi connectivity index (χ3n) is 3.25. The molecule has 0 radical (unpaired) electrons. The molecule has 1 aliphatic rings. The van der Waals surface area contributed by atoms with Crippen LogP contribution in [0.1, 0.15) is 24.0 Å². The first-order chi connectivity index (χ1) is 8.00. The minimum absolute atomic E-state index is 0.0173. The molecule has 4 heteroatoms. The van der Waals surface area contributed by atoms with Crippen molar-refractivity contribution in [3.05, 3.63) is 35.4 Å². The molecule has 1 fully saturated rings. The van der Waals surface area contributed by atoms with Gasteiger partial charge in [0, 0.05) is 13.0 Å². The number of carbonyl (C=O) groups is 2. The number of hydrogen-bond donors (Lipinski definition) is 1. The van der Waals surface area contributed by atoms with Crippen LogP contribution in [0.5, 0.6) is 0 Å². The number of imide groups is 1. The summed E-state index contributed by atoms with van der Waals surface area (Å²) in [5, 5.41) is 2.71. The lowest BCUT2D eigenvalue weighted by molar-refractivity contribution is -0.126. The molecule has 2 atom stereocenters. The molecule has 1 aromatic rings. The number of amides is 3. The van der Waals surface area contributed by atoms with E-state index in [1.807, 2.05) is 38.1 Å². The van der Waals surface area contributed by atoms with Gasteiger partial charge in [-0.15, -0.1) is 0 Å². The van der Waals surface area contributed by atoms with E-state index < -0.39 is 6.04 Å². The molecule has 90 valence electrons. The van der Waals surface area contributed by atoms with Crippen molar-refractivity contribution in [2.75, 3.05) is 7.05 Å². The summed E-state index contributed by atoms with van der Waals surface area (Å²) in [6, 6.07) is 7.23. The zero-order chi connectivity index (χ0) is 12.6. The average Bonchev–Trinajstić information content (AvgIpc) is 2.56. The molecule has 0 bridgehead atoms. The number of likely N-dealkylation sites (N-methyl/N-ethyl adjacent to an activating group) is 1. The van der Waals surface area contributed by atoms with Crippen LogP contribution in [0.3, 0.4) is 0 Å². The fourth-order valence-electron chi connectivity index (χ4n) is 2.08. The predicted molar refractivity (Wildman–Crippen MR) is 64.7 cm³/mol. The molecule has 1 N–H and O–H groups in total. The molecule has 1 saturated heterocycles. The Kier molecular flexibility index (Phi) is 2.88. The summed E-state index contributed by atoms with van der Waals surface area (Å²) < 4.78 is 0. The molecule has 2 unspecified atom stereocenters. The minimum Gasteiger partial charge on any atom is -0.325 e. The fourth-order valence-corrected chi connectivity index (χ4v) is 2.08. The molecule has 0 saturated carbocycles. The standard InChI is InChI=1S/C13H16N2O2/c1-8-5-4-6-10(7-8)9(2)11-12(16)15(3)13(17)14-11/h4-7,9,11H,1-3H3,(H,14,17). The third-order valence-corrected chi connectivity index (χ3v) is 3.25. The molecular formula is C13H16N2O2. The lowest BCUT2D eigenvalue weighted by Crippen LogP contribution is -2.34. The first kappa shape index (κ1) is 11.6. The SMILES string of the molecule is Cc1cccc(C(C)C2NC(=O)N(C)C2=O)c1. The number of rotatable bonds is 2. The second-order valence-corrected chi connectivity index (χ2v) is 4.53. The number of nitrogens with one attached hydrogen (secondary N) is 1. The van der Waals surface area contributed by atoms with E-state index in [1.165, 1.54) is 7.05 Å². The summed E-state index contributed by atoms with van der Waals surface area (Å²) in [6.07, 6.45) is 0. The predicted octanol–water partition coefficient (Wildman–Crippen LogP) is 1.65. The maximum atomic E-state index is 11.9. The maximum Gasteiger partial charge on any atom is 0.324 e. The van der Waals surface area contributed by atoms with Crippen molar-refractivity contribution in [1.29, 1.82) is 0 Å². The highest BCUT2D eigenvalue weighted by molar-refractivity contribution is 6.04. The van der Waals surface area contributed by atoms with E-state index in [0.717, 1.165) is 16.0 Å². The largest absolute Gasteiger partial charge is 0.325 e. The lowest BCUT2D eigenvalue weighted by atomic mass is 9.92. The van der Waals surface area contributed by atoms with Crippen molar-refractivity contribution in [2.45, 2.75) is 25.8 Å². The second-order valence-electron chi connectivity index (χ2n) is 4.53. The molecular weight excluding hydrogens is 216 g/mol. The molecule has 2 rings (SSSR count). The van der Waals surface area contributed by atoms with E-state index in [9.17, 15) is 9.59 Å². The van der Waals surface area contributed by atoms with Gasteiger partial charge in [0.05, 0.1) is 0 Å². The van der Waals surface area contributed by atoms with Crippen LogP contribution in [0, 0.1) is 6.92 Å². The zero-order valence-electron chi connectivity index (χ0n) is 10.2. The average molecular weight is 232 g/mol. The van der Waals surface area contributed by atoms with Gasteiger partial charge in [-0.05, 0) is 12.5 Å². The Hall–Kier alpha value is -1.84. The number of nitrogens with zero attached hydrogens (tertiary/aromatic N) is 1. The van der Waals surface area contributed by atoms with Crippen molar-refractivity contribution < 1.29 is 9.59 Å². The number of hydrogen-bond acceptors (Lipinski definition) is 2. The number of carbonyl (C=O) groups excluding carboxylic acids is 2. The lowest BCUT2D eigenvalue weighted by Gasteiger charge is -2.17. The van der Waals surface area contributed by atoms with Gasteiger partial charge in [0.15, 0.2) is 0 Å². The van der Waals surface area contributed by atoms with E-state index in [-0.39, 0.29) is 17.9 Å². The van der Waals surface area contributed by atoms with Crippen molar-refractivity contribution in [1.82, 2.24) is 10.2 Å². The van der Waals surface area contributed by atoms with E-state index in [4.69, 9.17) is 0 Å². The summed E-state index contributed by atoms with van der Waals surface area (Å²) in [6.45, 7) is 3.97. The van der Waals surface area contributed by atoms with E-state index in [2.05, 4.69) is 5.32 Å². The second kappa shape index (κ2) is 4.20. The highest BCUT2D eigenvalue weighted by Crippen LogP contribution is 2.24. The van der Waals surface area contributed by atoms with E-state index >= 15 is 0 Å². The van der Waals surface area contributed by atoms with Crippen LogP contribution in [0.15, 0.2) is 24.3 Å². The Morgan fingerprint density at radius 1 is 1.35 bits per heavy atom. The number of aryl methyl sites for hydroxylation is 1. The Bertz CT molecular complexity index is 470. The van der Waals surface area contributed by atoms with Gasteiger partial charge in [0.1, 0.15) is 6.04 Å². The summed E-state index contributed by atoms with van der Waals surface area (Å²) in [5.74, 6) is -0.180. The Morgan fingerprint density at radius 2 is 2.06 bits per heavy atom. The highest BCUT2D eigenvalue weighted by Gasteiger charge is 2.39. The third kappa shape index (κ3) is 2.02. The molecule has 1 heterocycles. The quantitative estimate of drug-likeness (QED) is 0.788. The number of benzene rings is 1. The number of urea groups is 1. The molecule has 0 aliphatic carbocycles. The molecule has 1 aliphatic heterocycles. The first-order valence-electron chi connectivity index (χ1n) is 5.65. The smallest absolute Gasteiger partial charge is 0.324 e. The Morgan fingerprint density at radius 3 is 2.59 bits per heavy atom. The van der Waals surface area contributed by atoms with Gasteiger partial charge in [-0.1, -0.05) is 36.8 Å². The van der Waals surface area contributed by atoms with Gasteiger partial charge in [0.2, 0.25) is 0 Å². The normalized spacial score (nSPS) is 21.6. The highest BCUT2D eigenvalue weighted by atomic mass is 16.2. The van der Waals surface area contributed by atoms with Crippen LogP contribution in [-0.4, -0.2) is 29.9 Å². The topological polar surface area (TPSA) is 49.4 Å². The van der Waals surface area contributed by atoms with Gasteiger partial charge >= 0.3 is 6.03 Å². The maximum absolute atomic E-state index is 11.9. The van der Waals surface area contributed by atoms with Crippen LogP contribution in [0.4, 0.5) is 4.79 Å². The van der Waals surface area contributed by atoms with Crippen LogP contribution in [0.25, 0.3) is 0 Å². The first-order valence-corrected chi connectivity index (χ1v) is 5.65. The van der Waals surface area contributed by atoms with E-state index in [1.54, 1.807) is 0 Å². The van der Waals surface area contributed by atoms with Gasteiger partial charge in [-0.2, -0.15) is 0 Å². The monoisotopic (exact) mass is 232 g/mol. The Balaban J connectivity index is 2.24. The van der Waals surface area contributed by atoms with Crippen LogP contribution in [-0.2, 0) is 4.79 Å². The minimum atomic E-state index is -0.450. The van der Waals surface area contributed by atoms with Crippen molar-refractivity contribution in [3.63, 3.8) is 0 Å². The van der Waals surface area contributed by atoms with Crippen LogP contribution >= 0.6 is 0 Å². The van der Waals surface area contributed by atoms with E-state index in [0.29, 0.717) is 0 Å². The van der Waals surface area contributed by atoms with Crippen molar-refractivity contribution in [3.8, 4) is 0 Å². The molecule has 0 spiro atoms. The van der Waals surface area contributed by atoms with Crippen LogP contribution < -0.4 is 5.32 Å². The summed E-state index contributed by atoms with van der Waals surface area (Å²) in [5.41, 5.74) is 2.22. The van der Waals surface area contributed by atoms with Gasteiger partial charge < -0.3 is 5.32 Å². The molecule has 4 nitrogen and oxygen atoms in total. The molecule has 3 amide bonds.